The smallest absolute Gasteiger partial charge is 0.273 e. The van der Waals surface area contributed by atoms with Crippen LogP contribution in [0.25, 0.3) is 0 Å². The van der Waals surface area contributed by atoms with Crippen molar-refractivity contribution >= 4 is 23.3 Å². The maximum absolute atomic E-state index is 12.0. The highest BCUT2D eigenvalue weighted by Gasteiger charge is 2.21. The minimum Gasteiger partial charge on any atom is -0.315 e. The summed E-state index contributed by atoms with van der Waals surface area (Å²) in [6.45, 7) is 0.883. The van der Waals surface area contributed by atoms with Crippen molar-refractivity contribution in [3.05, 3.63) is 12.0 Å². The Balaban J connectivity index is 1.73. The molecule has 100 valence electrons. The van der Waals surface area contributed by atoms with Gasteiger partial charge in [-0.1, -0.05) is 0 Å². The zero-order valence-electron chi connectivity index (χ0n) is 10.5. The molecule has 0 radical (unpaired) electrons. The van der Waals surface area contributed by atoms with Crippen molar-refractivity contribution in [2.75, 3.05) is 5.32 Å². The molecule has 1 aromatic rings. The van der Waals surface area contributed by atoms with Gasteiger partial charge in [0.2, 0.25) is 5.91 Å². The maximum atomic E-state index is 12.0. The van der Waals surface area contributed by atoms with Crippen LogP contribution >= 0.6 is 0 Å². The zero-order chi connectivity index (χ0) is 13.2. The lowest BCUT2D eigenvalue weighted by atomic mass is 10.1. The number of carbonyl (C=O) groups excluding carboxylic acids is 2. The van der Waals surface area contributed by atoms with Crippen molar-refractivity contribution in [3.8, 4) is 0 Å². The van der Waals surface area contributed by atoms with Crippen LogP contribution in [0.1, 0.15) is 31.5 Å². The van der Waals surface area contributed by atoms with Gasteiger partial charge in [-0.3, -0.25) is 9.59 Å². The summed E-state index contributed by atoms with van der Waals surface area (Å²) in [4.78, 5) is 27.3. The molecule has 0 atom stereocenters. The average Bonchev–Trinajstić information content (AvgIpc) is 2.83. The Morgan fingerprint density at radius 3 is 3.00 bits per heavy atom. The molecule has 2 N–H and O–H groups in total. The molecule has 0 spiro atoms. The lowest BCUT2D eigenvalue weighted by Gasteiger charge is -2.17. The van der Waals surface area contributed by atoms with Crippen LogP contribution < -0.4 is 10.7 Å². The minimum atomic E-state index is -0.270. The van der Waals surface area contributed by atoms with Crippen LogP contribution in [0.15, 0.2) is 11.3 Å². The Kier molecular flexibility index (Phi) is 3.02. The fraction of sp³-hybridized carbons (Fsp3) is 0.500. The number of fused-ring (bicyclic) bond motifs is 1. The van der Waals surface area contributed by atoms with Crippen LogP contribution in [0, 0.1) is 0 Å². The van der Waals surface area contributed by atoms with Crippen LogP contribution in [0.4, 0.5) is 5.82 Å². The molecule has 0 saturated carbocycles. The second-order valence-corrected chi connectivity index (χ2v) is 4.72. The van der Waals surface area contributed by atoms with E-state index >= 15 is 0 Å². The van der Waals surface area contributed by atoms with Gasteiger partial charge in [0.05, 0.1) is 6.20 Å². The van der Waals surface area contributed by atoms with E-state index in [0.717, 1.165) is 31.6 Å². The number of nitrogens with one attached hydrogen (secondary N) is 2. The highest BCUT2D eigenvalue weighted by molar-refractivity contribution is 6.43. The molecule has 0 unspecified atom stereocenters. The van der Waals surface area contributed by atoms with Crippen LogP contribution in [-0.4, -0.2) is 27.1 Å². The summed E-state index contributed by atoms with van der Waals surface area (Å²) < 4.78 is 2.03. The Hall–Kier alpha value is -2.18. The molecular formula is C12H15N5O2. The first-order valence-corrected chi connectivity index (χ1v) is 6.45. The van der Waals surface area contributed by atoms with Gasteiger partial charge in [0, 0.05) is 25.8 Å². The molecule has 0 fully saturated rings. The third-order valence-corrected chi connectivity index (χ3v) is 3.38. The van der Waals surface area contributed by atoms with Gasteiger partial charge < -0.3 is 9.88 Å². The van der Waals surface area contributed by atoms with Gasteiger partial charge in [-0.25, -0.2) is 10.4 Å². The third-order valence-electron chi connectivity index (χ3n) is 3.38. The first kappa shape index (κ1) is 11.9. The number of carbonyl (C=O) groups is 2. The van der Waals surface area contributed by atoms with Gasteiger partial charge in [0.1, 0.15) is 17.4 Å². The summed E-state index contributed by atoms with van der Waals surface area (Å²) in [6.07, 6.45) is 5.55. The summed E-state index contributed by atoms with van der Waals surface area (Å²) in [5.74, 6) is 1.30. The summed E-state index contributed by atoms with van der Waals surface area (Å²) in [5, 5.41) is 6.59. The number of rotatable bonds is 2. The number of aromatic nitrogens is 2. The van der Waals surface area contributed by atoms with E-state index in [1.54, 1.807) is 6.20 Å². The van der Waals surface area contributed by atoms with Gasteiger partial charge >= 0.3 is 0 Å². The molecule has 2 aliphatic heterocycles. The fourth-order valence-corrected chi connectivity index (χ4v) is 2.34. The summed E-state index contributed by atoms with van der Waals surface area (Å²) in [7, 11) is 0. The standard InChI is InChI=1S/C12H15N5O2/c18-11-5-4-8(15-16-11)12(19)14-10-7-13-9-3-1-2-6-17(9)10/h7H,1-6H2,(H,14,19)(H,16,18). The largest absolute Gasteiger partial charge is 0.315 e. The van der Waals surface area contributed by atoms with Gasteiger partial charge in [-0.15, -0.1) is 0 Å². The summed E-state index contributed by atoms with van der Waals surface area (Å²) in [6, 6.07) is 0. The van der Waals surface area contributed by atoms with Gasteiger partial charge in [-0.05, 0) is 12.8 Å². The number of aryl methyl sites for hydroxylation is 1. The molecule has 7 nitrogen and oxygen atoms in total. The number of nitrogens with zero attached hydrogens (tertiary/aromatic N) is 3. The van der Waals surface area contributed by atoms with Gasteiger partial charge in [0.15, 0.2) is 0 Å². The lowest BCUT2D eigenvalue weighted by molar-refractivity contribution is -0.121. The third kappa shape index (κ3) is 2.35. The van der Waals surface area contributed by atoms with Crippen LogP contribution in [0.2, 0.25) is 0 Å². The quantitative estimate of drug-likeness (QED) is 0.808. The molecule has 2 amide bonds. The van der Waals surface area contributed by atoms with E-state index in [4.69, 9.17) is 0 Å². The molecule has 3 rings (SSSR count). The summed E-state index contributed by atoms with van der Waals surface area (Å²) in [5.41, 5.74) is 2.67. The maximum Gasteiger partial charge on any atom is 0.273 e. The molecule has 0 aliphatic carbocycles. The number of hydrazone groups is 1. The van der Waals surface area contributed by atoms with E-state index in [0.29, 0.717) is 24.4 Å². The number of imidazole rings is 1. The molecular weight excluding hydrogens is 246 g/mol. The second-order valence-electron chi connectivity index (χ2n) is 4.72. The van der Waals surface area contributed by atoms with Crippen molar-refractivity contribution in [3.63, 3.8) is 0 Å². The molecule has 0 aromatic carbocycles. The van der Waals surface area contributed by atoms with E-state index in [1.165, 1.54) is 0 Å². The van der Waals surface area contributed by atoms with Crippen molar-refractivity contribution in [2.45, 2.75) is 38.6 Å². The number of hydrogen-bond acceptors (Lipinski definition) is 4. The van der Waals surface area contributed by atoms with Crippen molar-refractivity contribution < 1.29 is 9.59 Å². The molecule has 1 aromatic heterocycles. The SMILES string of the molecule is O=C1CCC(C(=O)Nc2cnc3n2CCCC3)=NN1. The topological polar surface area (TPSA) is 88.4 Å². The minimum absolute atomic E-state index is 0.154. The van der Waals surface area contributed by atoms with Crippen molar-refractivity contribution in [1.82, 2.24) is 15.0 Å². The molecule has 7 heteroatoms. The Morgan fingerprint density at radius 2 is 2.21 bits per heavy atom. The van der Waals surface area contributed by atoms with E-state index in [9.17, 15) is 9.59 Å². The van der Waals surface area contributed by atoms with E-state index < -0.39 is 0 Å². The highest BCUT2D eigenvalue weighted by atomic mass is 16.2. The fourth-order valence-electron chi connectivity index (χ4n) is 2.34. The highest BCUT2D eigenvalue weighted by Crippen LogP contribution is 2.19. The van der Waals surface area contributed by atoms with Crippen molar-refractivity contribution in [2.24, 2.45) is 5.10 Å². The average molecular weight is 261 g/mol. The van der Waals surface area contributed by atoms with Crippen LogP contribution in [0.5, 0.6) is 0 Å². The zero-order valence-corrected chi connectivity index (χ0v) is 10.5. The normalized spacial score (nSPS) is 18.3. The first-order chi connectivity index (χ1) is 9.24. The van der Waals surface area contributed by atoms with Crippen LogP contribution in [-0.2, 0) is 22.6 Å². The molecule has 3 heterocycles. The van der Waals surface area contributed by atoms with E-state index in [2.05, 4.69) is 20.8 Å². The Bertz CT molecular complexity index is 560. The first-order valence-electron chi connectivity index (χ1n) is 6.45. The predicted molar refractivity (Wildman–Crippen MR) is 68.6 cm³/mol. The van der Waals surface area contributed by atoms with E-state index in [-0.39, 0.29) is 11.8 Å². The lowest BCUT2D eigenvalue weighted by Crippen LogP contribution is -2.33. The number of amides is 2. The van der Waals surface area contributed by atoms with E-state index in [1.807, 2.05) is 4.57 Å². The van der Waals surface area contributed by atoms with Gasteiger partial charge in [0.25, 0.3) is 5.91 Å². The van der Waals surface area contributed by atoms with Crippen LogP contribution in [0.3, 0.4) is 0 Å². The Morgan fingerprint density at radius 1 is 1.32 bits per heavy atom. The molecule has 2 aliphatic rings. The Labute approximate surface area is 110 Å². The monoisotopic (exact) mass is 261 g/mol. The molecule has 0 saturated heterocycles. The predicted octanol–water partition coefficient (Wildman–Crippen LogP) is 0.424. The number of anilines is 1. The number of hydrogen-bond donors (Lipinski definition) is 2. The summed E-state index contributed by atoms with van der Waals surface area (Å²) >= 11 is 0. The molecule has 19 heavy (non-hydrogen) atoms. The van der Waals surface area contributed by atoms with Gasteiger partial charge in [-0.2, -0.15) is 5.10 Å². The molecule has 0 bridgehead atoms. The van der Waals surface area contributed by atoms with Crippen molar-refractivity contribution in [1.29, 1.82) is 0 Å². The second kappa shape index (κ2) is 4.83.